The summed E-state index contributed by atoms with van der Waals surface area (Å²) in [4.78, 5) is 19.2. The van der Waals surface area contributed by atoms with Crippen molar-refractivity contribution < 1.29 is 22.4 Å². The van der Waals surface area contributed by atoms with Gasteiger partial charge in [0.15, 0.2) is 0 Å². The molecule has 0 bridgehead atoms. The van der Waals surface area contributed by atoms with E-state index in [4.69, 9.17) is 0 Å². The van der Waals surface area contributed by atoms with E-state index in [9.17, 15) is 22.4 Å². The van der Waals surface area contributed by atoms with Crippen LogP contribution in [0.1, 0.15) is 72.2 Å². The van der Waals surface area contributed by atoms with Crippen LogP contribution in [0.2, 0.25) is 0 Å². The molecule has 7 heteroatoms. The first kappa shape index (κ1) is 24.9. The van der Waals surface area contributed by atoms with Gasteiger partial charge in [0.2, 0.25) is 5.91 Å². The molecule has 35 heavy (non-hydrogen) atoms. The maximum Gasteiger partial charge on any atom is 0.417 e. The van der Waals surface area contributed by atoms with Gasteiger partial charge in [-0.2, -0.15) is 13.2 Å². The fourth-order valence-electron chi connectivity index (χ4n) is 4.62. The van der Waals surface area contributed by atoms with Gasteiger partial charge in [0, 0.05) is 12.6 Å². The number of pyridine rings is 1. The highest BCUT2D eigenvalue weighted by molar-refractivity contribution is 5.77. The molecular weight excluding hydrogens is 456 g/mol. The van der Waals surface area contributed by atoms with Crippen molar-refractivity contribution in [3.63, 3.8) is 0 Å². The monoisotopic (exact) mass is 484 g/mol. The maximum absolute atomic E-state index is 13.5. The van der Waals surface area contributed by atoms with Gasteiger partial charge in [-0.25, -0.2) is 4.39 Å². The number of rotatable bonds is 7. The van der Waals surface area contributed by atoms with Gasteiger partial charge < -0.3 is 4.90 Å². The Morgan fingerprint density at radius 3 is 2.31 bits per heavy atom. The number of carbonyl (C=O) groups is 1. The number of halogens is 4. The van der Waals surface area contributed by atoms with E-state index < -0.39 is 11.7 Å². The van der Waals surface area contributed by atoms with Crippen LogP contribution in [0.25, 0.3) is 0 Å². The number of aryl methyl sites for hydroxylation is 2. The number of hydrogen-bond donors (Lipinski definition) is 0. The maximum atomic E-state index is 13.5. The lowest BCUT2D eigenvalue weighted by Crippen LogP contribution is -2.34. The molecule has 3 aromatic rings. The van der Waals surface area contributed by atoms with Crippen molar-refractivity contribution in [2.45, 2.75) is 64.2 Å². The van der Waals surface area contributed by atoms with Gasteiger partial charge in [0.25, 0.3) is 0 Å². The standard InChI is InChI=1S/C28H28F4N2O/c1-18(20-8-11-25(29)12-9-20)14-27(35)34(17-26-13-10-24(16-33-26)28(30,31)32)19(2)22-7-6-21-4-3-5-23(21)15-22/h6-13,15-16,18-19H,3-5,14,17H2,1-2H3/t18-,19+/m0/s1. The first-order chi connectivity index (χ1) is 16.6. The summed E-state index contributed by atoms with van der Waals surface area (Å²) in [5.41, 5.74) is 4.00. The molecule has 0 saturated carbocycles. The Balaban J connectivity index is 1.59. The summed E-state index contributed by atoms with van der Waals surface area (Å²) in [6.07, 6.45) is -0.312. The highest BCUT2D eigenvalue weighted by Gasteiger charge is 2.31. The van der Waals surface area contributed by atoms with Gasteiger partial charge in [-0.1, -0.05) is 37.3 Å². The number of benzene rings is 2. The molecule has 0 aliphatic heterocycles. The molecule has 1 aliphatic carbocycles. The smallest absolute Gasteiger partial charge is 0.330 e. The third-order valence-corrected chi connectivity index (χ3v) is 6.80. The van der Waals surface area contributed by atoms with Gasteiger partial charge in [0.1, 0.15) is 5.82 Å². The largest absolute Gasteiger partial charge is 0.417 e. The second-order valence-corrected chi connectivity index (χ2v) is 9.27. The molecular formula is C28H28F4N2O. The van der Waals surface area contributed by atoms with E-state index in [1.807, 2.05) is 19.9 Å². The van der Waals surface area contributed by atoms with Crippen LogP contribution in [0.3, 0.4) is 0 Å². The van der Waals surface area contributed by atoms with Crippen LogP contribution < -0.4 is 0 Å². The summed E-state index contributed by atoms with van der Waals surface area (Å²) >= 11 is 0. The van der Waals surface area contributed by atoms with Crippen LogP contribution in [0.15, 0.2) is 60.8 Å². The molecule has 0 unspecified atom stereocenters. The number of hydrogen-bond acceptors (Lipinski definition) is 2. The van der Waals surface area contributed by atoms with Crippen molar-refractivity contribution in [2.24, 2.45) is 0 Å². The average molecular weight is 485 g/mol. The quantitative estimate of drug-likeness (QED) is 0.338. The van der Waals surface area contributed by atoms with E-state index in [-0.39, 0.29) is 36.6 Å². The Morgan fingerprint density at radius 1 is 0.971 bits per heavy atom. The number of carbonyl (C=O) groups excluding carboxylic acids is 1. The predicted octanol–water partition coefficient (Wildman–Crippen LogP) is 7.01. The van der Waals surface area contributed by atoms with Gasteiger partial charge >= 0.3 is 6.18 Å². The Bertz CT molecular complexity index is 1170. The van der Waals surface area contributed by atoms with Crippen LogP contribution in [0.4, 0.5) is 17.6 Å². The topological polar surface area (TPSA) is 33.2 Å². The number of alkyl halides is 3. The van der Waals surface area contributed by atoms with E-state index in [1.54, 1.807) is 17.0 Å². The highest BCUT2D eigenvalue weighted by Crippen LogP contribution is 2.32. The fraction of sp³-hybridized carbons (Fsp3) is 0.357. The minimum Gasteiger partial charge on any atom is -0.330 e. The molecule has 4 rings (SSSR count). The van der Waals surface area contributed by atoms with Crippen LogP contribution in [-0.2, 0) is 30.4 Å². The van der Waals surface area contributed by atoms with E-state index in [1.165, 1.54) is 29.3 Å². The van der Waals surface area contributed by atoms with Crippen molar-refractivity contribution in [1.29, 1.82) is 0 Å². The van der Waals surface area contributed by atoms with Gasteiger partial charge in [-0.05, 0) is 78.6 Å². The first-order valence-electron chi connectivity index (χ1n) is 11.8. The Morgan fingerprint density at radius 2 is 1.66 bits per heavy atom. The lowest BCUT2D eigenvalue weighted by atomic mass is 9.95. The zero-order valence-electron chi connectivity index (χ0n) is 19.8. The Labute approximate surface area is 202 Å². The Kier molecular flexibility index (Phi) is 7.24. The van der Waals surface area contributed by atoms with Crippen molar-refractivity contribution in [3.8, 4) is 0 Å². The molecule has 184 valence electrons. The van der Waals surface area contributed by atoms with E-state index in [2.05, 4.69) is 17.1 Å². The summed E-state index contributed by atoms with van der Waals surface area (Å²) in [6.45, 7) is 3.92. The molecule has 2 atom stereocenters. The highest BCUT2D eigenvalue weighted by atomic mass is 19.4. The van der Waals surface area contributed by atoms with E-state index in [0.717, 1.165) is 42.7 Å². The second-order valence-electron chi connectivity index (χ2n) is 9.27. The summed E-state index contributed by atoms with van der Waals surface area (Å²) in [6, 6.07) is 14.4. The lowest BCUT2D eigenvalue weighted by molar-refractivity contribution is -0.138. The van der Waals surface area contributed by atoms with E-state index in [0.29, 0.717) is 5.69 Å². The molecule has 0 fully saturated rings. The number of amides is 1. The average Bonchev–Trinajstić information content (AvgIpc) is 3.30. The normalized spacial score (nSPS) is 14.9. The van der Waals surface area contributed by atoms with E-state index >= 15 is 0 Å². The summed E-state index contributed by atoms with van der Waals surface area (Å²) < 4.78 is 52.2. The van der Waals surface area contributed by atoms with Crippen LogP contribution in [-0.4, -0.2) is 15.8 Å². The molecule has 0 radical (unpaired) electrons. The molecule has 1 aromatic heterocycles. The first-order valence-corrected chi connectivity index (χ1v) is 11.8. The molecule has 0 saturated heterocycles. The van der Waals surface area contributed by atoms with Crippen molar-refractivity contribution in [2.75, 3.05) is 0 Å². The summed E-state index contributed by atoms with van der Waals surface area (Å²) in [7, 11) is 0. The number of nitrogens with zero attached hydrogens (tertiary/aromatic N) is 2. The fourth-order valence-corrected chi connectivity index (χ4v) is 4.62. The van der Waals surface area contributed by atoms with Gasteiger partial charge in [-0.3, -0.25) is 9.78 Å². The third-order valence-electron chi connectivity index (χ3n) is 6.80. The molecule has 3 nitrogen and oxygen atoms in total. The molecule has 0 spiro atoms. The molecule has 2 aromatic carbocycles. The zero-order valence-corrected chi connectivity index (χ0v) is 19.8. The second kappa shape index (κ2) is 10.2. The van der Waals surface area contributed by atoms with Crippen molar-refractivity contribution in [1.82, 2.24) is 9.88 Å². The molecule has 1 amide bonds. The lowest BCUT2D eigenvalue weighted by Gasteiger charge is -2.31. The number of aromatic nitrogens is 1. The summed E-state index contributed by atoms with van der Waals surface area (Å²) in [5, 5.41) is 0. The zero-order chi connectivity index (χ0) is 25.2. The van der Waals surface area contributed by atoms with Gasteiger partial charge in [-0.15, -0.1) is 0 Å². The van der Waals surface area contributed by atoms with Crippen molar-refractivity contribution >= 4 is 5.91 Å². The number of fused-ring (bicyclic) bond motifs is 1. The molecule has 1 aliphatic rings. The minimum atomic E-state index is -4.47. The summed E-state index contributed by atoms with van der Waals surface area (Å²) in [5.74, 6) is -0.637. The van der Waals surface area contributed by atoms with Crippen molar-refractivity contribution in [3.05, 3.63) is 100 Å². The molecule has 0 N–H and O–H groups in total. The predicted molar refractivity (Wildman–Crippen MR) is 126 cm³/mol. The third kappa shape index (κ3) is 5.89. The van der Waals surface area contributed by atoms with Crippen LogP contribution >= 0.6 is 0 Å². The van der Waals surface area contributed by atoms with Crippen LogP contribution in [0, 0.1) is 5.82 Å². The van der Waals surface area contributed by atoms with Crippen LogP contribution in [0.5, 0.6) is 0 Å². The SMILES string of the molecule is C[C@H](c1ccc2c(c1)CCC2)N(Cc1ccc(C(F)(F)F)cn1)C(=O)C[C@H](C)c1ccc(F)cc1. The van der Waals surface area contributed by atoms with Gasteiger partial charge in [0.05, 0.1) is 23.8 Å². The minimum absolute atomic E-state index is 0.0887. The molecule has 1 heterocycles. The Hall–Kier alpha value is -3.22.